The molecule has 3 rings (SSSR count). The summed E-state index contributed by atoms with van der Waals surface area (Å²) in [6.45, 7) is 2.31. The Morgan fingerprint density at radius 2 is 2.00 bits per heavy atom. The Bertz CT molecular complexity index is 751. The predicted molar refractivity (Wildman–Crippen MR) is 102 cm³/mol. The van der Waals surface area contributed by atoms with Gasteiger partial charge in [0.1, 0.15) is 5.75 Å². The summed E-state index contributed by atoms with van der Waals surface area (Å²) in [7, 11) is 1.65. The van der Waals surface area contributed by atoms with Crippen LogP contribution in [0.15, 0.2) is 48.5 Å². The van der Waals surface area contributed by atoms with Crippen LogP contribution >= 0.6 is 0 Å². The standard InChI is InChI=1S/C21H25FN2O3/c1-26-18-9-7-16(8-10-18)17-11-13-24(15-17)21(25)23-12-4-14-27-20-6-3-2-5-19(20)22/h2-3,5-10,17H,4,11-15H2,1H3,(H,23,25). The summed E-state index contributed by atoms with van der Waals surface area (Å²) in [5, 5.41) is 2.91. The van der Waals surface area contributed by atoms with E-state index >= 15 is 0 Å². The molecular weight excluding hydrogens is 347 g/mol. The van der Waals surface area contributed by atoms with Gasteiger partial charge in [0.05, 0.1) is 13.7 Å². The average Bonchev–Trinajstić information content (AvgIpc) is 3.19. The van der Waals surface area contributed by atoms with Crippen LogP contribution in [0, 0.1) is 5.82 Å². The molecule has 0 radical (unpaired) electrons. The Hall–Kier alpha value is -2.76. The first-order valence-corrected chi connectivity index (χ1v) is 9.21. The van der Waals surface area contributed by atoms with Gasteiger partial charge in [-0.2, -0.15) is 0 Å². The normalized spacial score (nSPS) is 16.2. The molecule has 2 amide bonds. The molecule has 0 saturated carbocycles. The van der Waals surface area contributed by atoms with E-state index in [0.29, 0.717) is 32.0 Å². The molecule has 1 N–H and O–H groups in total. The second-order valence-corrected chi connectivity index (χ2v) is 6.57. The van der Waals surface area contributed by atoms with Crippen LogP contribution in [-0.2, 0) is 0 Å². The van der Waals surface area contributed by atoms with E-state index < -0.39 is 0 Å². The number of carbonyl (C=O) groups excluding carboxylic acids is 1. The van der Waals surface area contributed by atoms with Gasteiger partial charge in [0.2, 0.25) is 0 Å². The molecule has 144 valence electrons. The van der Waals surface area contributed by atoms with Crippen LogP contribution in [0.2, 0.25) is 0 Å². The molecule has 1 fully saturated rings. The van der Waals surface area contributed by atoms with E-state index in [4.69, 9.17) is 9.47 Å². The number of nitrogens with zero attached hydrogens (tertiary/aromatic N) is 1. The molecule has 1 atom stereocenters. The summed E-state index contributed by atoms with van der Waals surface area (Å²) < 4.78 is 24.0. The number of hydrogen-bond acceptors (Lipinski definition) is 3. The number of amides is 2. The Kier molecular flexibility index (Phi) is 6.52. The fourth-order valence-electron chi connectivity index (χ4n) is 3.22. The first-order valence-electron chi connectivity index (χ1n) is 9.21. The molecule has 0 aliphatic carbocycles. The molecule has 1 unspecified atom stereocenters. The lowest BCUT2D eigenvalue weighted by Gasteiger charge is -2.18. The third-order valence-electron chi connectivity index (χ3n) is 4.75. The quantitative estimate of drug-likeness (QED) is 0.752. The Labute approximate surface area is 159 Å². The second-order valence-electron chi connectivity index (χ2n) is 6.57. The van der Waals surface area contributed by atoms with Gasteiger partial charge < -0.3 is 19.7 Å². The summed E-state index contributed by atoms with van der Waals surface area (Å²) in [4.78, 5) is 14.1. The number of rotatable bonds is 7. The SMILES string of the molecule is COc1ccc(C2CCN(C(=O)NCCCOc3ccccc3F)C2)cc1. The van der Waals surface area contributed by atoms with Crippen molar-refractivity contribution >= 4 is 6.03 Å². The van der Waals surface area contributed by atoms with Crippen LogP contribution in [0.1, 0.15) is 24.3 Å². The van der Waals surface area contributed by atoms with Gasteiger partial charge in [-0.3, -0.25) is 0 Å². The van der Waals surface area contributed by atoms with Crippen LogP contribution in [-0.4, -0.2) is 44.3 Å². The van der Waals surface area contributed by atoms with Gasteiger partial charge in [0.25, 0.3) is 0 Å². The van der Waals surface area contributed by atoms with Crippen molar-refractivity contribution < 1.29 is 18.7 Å². The van der Waals surface area contributed by atoms with Gasteiger partial charge in [0.15, 0.2) is 11.6 Å². The fraction of sp³-hybridized carbons (Fsp3) is 0.381. The summed E-state index contributed by atoms with van der Waals surface area (Å²) in [6, 6.07) is 14.3. The summed E-state index contributed by atoms with van der Waals surface area (Å²) >= 11 is 0. The average molecular weight is 372 g/mol. The molecule has 1 saturated heterocycles. The molecule has 1 heterocycles. The molecule has 0 spiro atoms. The maximum atomic E-state index is 13.4. The minimum atomic E-state index is -0.372. The molecule has 0 bridgehead atoms. The van der Waals surface area contributed by atoms with Crippen molar-refractivity contribution in [2.24, 2.45) is 0 Å². The van der Waals surface area contributed by atoms with Crippen molar-refractivity contribution in [3.05, 3.63) is 59.9 Å². The van der Waals surface area contributed by atoms with Crippen molar-refractivity contribution in [2.75, 3.05) is 33.4 Å². The molecule has 6 heteroatoms. The molecule has 2 aromatic rings. The highest BCUT2D eigenvalue weighted by molar-refractivity contribution is 5.74. The van der Waals surface area contributed by atoms with Gasteiger partial charge in [-0.1, -0.05) is 24.3 Å². The topological polar surface area (TPSA) is 50.8 Å². The lowest BCUT2D eigenvalue weighted by Crippen LogP contribution is -2.39. The number of likely N-dealkylation sites (tertiary alicyclic amines) is 1. The summed E-state index contributed by atoms with van der Waals surface area (Å²) in [6.07, 6.45) is 1.58. The van der Waals surface area contributed by atoms with E-state index in [0.717, 1.165) is 18.7 Å². The van der Waals surface area contributed by atoms with Crippen LogP contribution in [0.5, 0.6) is 11.5 Å². The van der Waals surface area contributed by atoms with Crippen molar-refractivity contribution in [1.82, 2.24) is 10.2 Å². The summed E-state index contributed by atoms with van der Waals surface area (Å²) in [5.41, 5.74) is 1.23. The molecule has 2 aromatic carbocycles. The number of hydrogen-bond donors (Lipinski definition) is 1. The van der Waals surface area contributed by atoms with Gasteiger partial charge >= 0.3 is 6.03 Å². The van der Waals surface area contributed by atoms with Crippen LogP contribution in [0.25, 0.3) is 0 Å². The predicted octanol–water partition coefficient (Wildman–Crippen LogP) is 3.80. The van der Waals surface area contributed by atoms with Crippen molar-refractivity contribution in [1.29, 1.82) is 0 Å². The zero-order chi connectivity index (χ0) is 19.1. The van der Waals surface area contributed by atoms with Crippen LogP contribution in [0.4, 0.5) is 9.18 Å². The minimum absolute atomic E-state index is 0.0584. The first kappa shape index (κ1) is 19.0. The number of carbonyl (C=O) groups is 1. The first-order chi connectivity index (χ1) is 13.2. The smallest absolute Gasteiger partial charge is 0.317 e. The molecule has 0 aromatic heterocycles. The fourth-order valence-corrected chi connectivity index (χ4v) is 3.22. The molecule has 1 aliphatic heterocycles. The van der Waals surface area contributed by atoms with Gasteiger partial charge in [0, 0.05) is 25.6 Å². The van der Waals surface area contributed by atoms with Crippen molar-refractivity contribution in [2.45, 2.75) is 18.8 Å². The van der Waals surface area contributed by atoms with E-state index in [1.807, 2.05) is 17.0 Å². The van der Waals surface area contributed by atoms with E-state index in [2.05, 4.69) is 17.4 Å². The maximum absolute atomic E-state index is 13.4. The van der Waals surface area contributed by atoms with Crippen molar-refractivity contribution in [3.8, 4) is 11.5 Å². The number of urea groups is 1. The number of nitrogens with one attached hydrogen (secondary N) is 1. The van der Waals surface area contributed by atoms with Gasteiger partial charge in [-0.05, 0) is 42.7 Å². The number of benzene rings is 2. The Morgan fingerprint density at radius 3 is 2.74 bits per heavy atom. The molecule has 1 aliphatic rings. The largest absolute Gasteiger partial charge is 0.497 e. The Morgan fingerprint density at radius 1 is 1.22 bits per heavy atom. The van der Waals surface area contributed by atoms with Crippen LogP contribution in [0.3, 0.4) is 0 Å². The van der Waals surface area contributed by atoms with E-state index in [1.54, 1.807) is 25.3 Å². The maximum Gasteiger partial charge on any atom is 0.317 e. The molecular formula is C21H25FN2O3. The highest BCUT2D eigenvalue weighted by Gasteiger charge is 2.27. The lowest BCUT2D eigenvalue weighted by atomic mass is 9.98. The van der Waals surface area contributed by atoms with Gasteiger partial charge in [-0.15, -0.1) is 0 Å². The van der Waals surface area contributed by atoms with Gasteiger partial charge in [-0.25, -0.2) is 9.18 Å². The third kappa shape index (κ3) is 5.12. The number of methoxy groups -OCH3 is 1. The second kappa shape index (κ2) is 9.26. The molecule has 5 nitrogen and oxygen atoms in total. The zero-order valence-electron chi connectivity index (χ0n) is 15.5. The number of para-hydroxylation sites is 1. The number of halogens is 1. The van der Waals surface area contributed by atoms with Crippen molar-refractivity contribution in [3.63, 3.8) is 0 Å². The van der Waals surface area contributed by atoms with Crippen LogP contribution < -0.4 is 14.8 Å². The van der Waals surface area contributed by atoms with E-state index in [9.17, 15) is 9.18 Å². The monoisotopic (exact) mass is 372 g/mol. The lowest BCUT2D eigenvalue weighted by molar-refractivity contribution is 0.206. The van der Waals surface area contributed by atoms with E-state index in [1.165, 1.54) is 11.6 Å². The number of ether oxygens (including phenoxy) is 2. The third-order valence-corrected chi connectivity index (χ3v) is 4.75. The zero-order valence-corrected chi connectivity index (χ0v) is 15.5. The highest BCUT2D eigenvalue weighted by Crippen LogP contribution is 2.28. The highest BCUT2D eigenvalue weighted by atomic mass is 19.1. The summed E-state index contributed by atoms with van der Waals surface area (Å²) in [5.74, 6) is 1.06. The Balaban J connectivity index is 1.37. The van der Waals surface area contributed by atoms with E-state index in [-0.39, 0.29) is 17.6 Å². The molecule has 27 heavy (non-hydrogen) atoms. The minimum Gasteiger partial charge on any atom is -0.497 e.